The molecule has 4 aliphatic carbocycles. The number of hydrogen-bond donors (Lipinski definition) is 0. The van der Waals surface area contributed by atoms with Gasteiger partial charge in [0.15, 0.2) is 11.5 Å². The van der Waals surface area contributed by atoms with E-state index in [1.165, 1.54) is 25.5 Å². The van der Waals surface area contributed by atoms with Crippen LogP contribution in [-0.4, -0.2) is 35.1 Å². The van der Waals surface area contributed by atoms with E-state index in [0.717, 1.165) is 17.0 Å². The molecule has 10 heteroatoms. The van der Waals surface area contributed by atoms with E-state index in [2.05, 4.69) is 33.2 Å². The van der Waals surface area contributed by atoms with Gasteiger partial charge in [0.25, 0.3) is 17.5 Å². The highest BCUT2D eigenvalue weighted by Gasteiger charge is 2.67. The summed E-state index contributed by atoms with van der Waals surface area (Å²) in [7, 11) is 1.51. The topological polar surface area (TPSA) is 111 Å². The molecular formula is C26H22BrN3O6. The first-order valence-corrected chi connectivity index (χ1v) is 12.5. The average molecular weight is 552 g/mol. The zero-order valence-corrected chi connectivity index (χ0v) is 20.8. The van der Waals surface area contributed by atoms with Crippen molar-refractivity contribution in [2.24, 2.45) is 40.6 Å². The molecule has 1 aliphatic heterocycles. The van der Waals surface area contributed by atoms with Gasteiger partial charge in [-0.25, -0.2) is 0 Å². The Morgan fingerprint density at radius 2 is 1.75 bits per heavy atom. The number of nitrogens with zero attached hydrogens (tertiary/aromatic N) is 3. The van der Waals surface area contributed by atoms with E-state index in [9.17, 15) is 19.7 Å². The molecule has 2 amide bonds. The lowest BCUT2D eigenvalue weighted by Crippen LogP contribution is -2.40. The number of ether oxygens (including phenoxy) is 2. The third kappa shape index (κ3) is 3.62. The molecule has 2 aromatic carbocycles. The second kappa shape index (κ2) is 8.55. The van der Waals surface area contributed by atoms with E-state index >= 15 is 0 Å². The van der Waals surface area contributed by atoms with Gasteiger partial charge in [-0.2, -0.15) is 10.1 Å². The number of hydrogen-bond acceptors (Lipinski definition) is 7. The quantitative estimate of drug-likeness (QED) is 0.166. The average Bonchev–Trinajstić information content (AvgIpc) is 3.66. The highest BCUT2D eigenvalue weighted by molar-refractivity contribution is 9.10. The highest BCUT2D eigenvalue weighted by atomic mass is 79.9. The Labute approximate surface area is 215 Å². The fraction of sp³-hybridized carbons (Fsp3) is 0.346. The molecule has 7 rings (SSSR count). The summed E-state index contributed by atoms with van der Waals surface area (Å²) in [5, 5.41) is 16.2. The van der Waals surface area contributed by atoms with E-state index < -0.39 is 4.92 Å². The summed E-state index contributed by atoms with van der Waals surface area (Å²) in [5.41, 5.74) is 1.39. The number of nitro benzene ring substituents is 1. The fourth-order valence-corrected chi connectivity index (χ4v) is 6.58. The number of nitro groups is 1. The number of imide groups is 1. The van der Waals surface area contributed by atoms with Crippen molar-refractivity contribution in [2.75, 3.05) is 7.11 Å². The Hall–Kier alpha value is -3.53. The molecule has 0 unspecified atom stereocenters. The zero-order chi connectivity index (χ0) is 25.1. The van der Waals surface area contributed by atoms with Crippen molar-refractivity contribution in [1.82, 2.24) is 5.01 Å². The number of non-ortho nitro benzene ring substituents is 1. The van der Waals surface area contributed by atoms with Gasteiger partial charge in [-0.1, -0.05) is 12.2 Å². The molecule has 5 aliphatic rings. The first kappa shape index (κ1) is 22.9. The fourth-order valence-electron chi connectivity index (χ4n) is 6.00. The van der Waals surface area contributed by atoms with Crippen molar-refractivity contribution in [3.8, 4) is 11.5 Å². The highest BCUT2D eigenvalue weighted by Crippen LogP contribution is 2.65. The Kier molecular flexibility index (Phi) is 5.44. The molecule has 9 nitrogen and oxygen atoms in total. The Morgan fingerprint density at radius 1 is 1.11 bits per heavy atom. The number of benzene rings is 2. The Balaban J connectivity index is 1.18. The number of rotatable bonds is 7. The van der Waals surface area contributed by atoms with Crippen LogP contribution in [0.1, 0.15) is 17.5 Å². The maximum Gasteiger partial charge on any atom is 0.269 e. The van der Waals surface area contributed by atoms with Crippen LogP contribution in [0.3, 0.4) is 0 Å². The molecule has 6 atom stereocenters. The minimum atomic E-state index is -0.453. The van der Waals surface area contributed by atoms with Gasteiger partial charge in [0, 0.05) is 12.1 Å². The van der Waals surface area contributed by atoms with Crippen molar-refractivity contribution in [3.63, 3.8) is 0 Å². The van der Waals surface area contributed by atoms with Crippen LogP contribution in [0.5, 0.6) is 11.5 Å². The Bertz CT molecular complexity index is 1300. The smallest absolute Gasteiger partial charge is 0.269 e. The van der Waals surface area contributed by atoms with Gasteiger partial charge in [-0.05, 0) is 81.4 Å². The minimum Gasteiger partial charge on any atom is -0.493 e. The maximum atomic E-state index is 13.1. The van der Waals surface area contributed by atoms with Crippen LogP contribution in [-0.2, 0) is 16.2 Å². The number of carbonyl (C=O) groups excluding carboxylic acids is 2. The largest absolute Gasteiger partial charge is 0.493 e. The number of allylic oxidation sites excluding steroid dienone is 2. The van der Waals surface area contributed by atoms with Crippen LogP contribution < -0.4 is 9.47 Å². The molecule has 2 aromatic rings. The molecule has 3 fully saturated rings. The standard InChI is InChI=1S/C26H22BrN3O6/c1-35-21-9-14(8-20(27)24(21)36-12-13-2-4-15(5-3-13)30(33)34)11-28-29-25(31)22-16-6-7-17(19-10-18(16)19)23(22)26(29)32/h2-9,11,16-19,22-23H,10,12H2,1H3/t16-,17-,18-,19+,22+,23+/m0/s1. The predicted octanol–water partition coefficient (Wildman–Crippen LogP) is 4.33. The van der Waals surface area contributed by atoms with Gasteiger partial charge in [0.05, 0.1) is 34.6 Å². The molecule has 1 saturated heterocycles. The summed E-state index contributed by atoms with van der Waals surface area (Å²) in [6, 6.07) is 9.57. The molecule has 0 spiro atoms. The van der Waals surface area contributed by atoms with Crippen molar-refractivity contribution >= 4 is 39.6 Å². The van der Waals surface area contributed by atoms with Crippen molar-refractivity contribution in [2.45, 2.75) is 13.0 Å². The monoisotopic (exact) mass is 551 g/mol. The van der Waals surface area contributed by atoms with Crippen LogP contribution in [0, 0.1) is 45.6 Å². The number of hydrazone groups is 1. The summed E-state index contributed by atoms with van der Waals surface area (Å²) in [5.74, 6) is 1.29. The van der Waals surface area contributed by atoms with Crippen molar-refractivity contribution < 1.29 is 24.0 Å². The molecule has 184 valence electrons. The summed E-state index contributed by atoms with van der Waals surface area (Å²) < 4.78 is 12.0. The van der Waals surface area contributed by atoms with Crippen LogP contribution in [0.25, 0.3) is 0 Å². The minimum absolute atomic E-state index is 0.0103. The first-order chi connectivity index (χ1) is 17.4. The Morgan fingerprint density at radius 3 is 2.33 bits per heavy atom. The van der Waals surface area contributed by atoms with E-state index in [4.69, 9.17) is 9.47 Å². The molecule has 2 saturated carbocycles. The predicted molar refractivity (Wildman–Crippen MR) is 132 cm³/mol. The number of carbonyl (C=O) groups is 2. The van der Waals surface area contributed by atoms with E-state index in [1.807, 2.05) is 0 Å². The summed E-state index contributed by atoms with van der Waals surface area (Å²) in [6.07, 6.45) is 6.87. The summed E-state index contributed by atoms with van der Waals surface area (Å²) in [6.45, 7) is 0.179. The third-order valence-corrected chi connectivity index (χ3v) is 8.33. The summed E-state index contributed by atoms with van der Waals surface area (Å²) >= 11 is 3.49. The molecule has 36 heavy (non-hydrogen) atoms. The zero-order valence-electron chi connectivity index (χ0n) is 19.2. The van der Waals surface area contributed by atoms with Gasteiger partial charge in [0.2, 0.25) is 0 Å². The SMILES string of the molecule is COc1cc(C=NN2C(=O)[C@@H]3[C@H]4C=C[C@@H]([C@@H]5C[C@H]45)[C@H]3C2=O)cc(Br)c1OCc1ccc([N+](=O)[O-])cc1. The van der Waals surface area contributed by atoms with Gasteiger partial charge in [0.1, 0.15) is 6.61 Å². The van der Waals surface area contributed by atoms with Crippen LogP contribution in [0.2, 0.25) is 0 Å². The van der Waals surface area contributed by atoms with Crippen LogP contribution in [0.4, 0.5) is 5.69 Å². The maximum absolute atomic E-state index is 13.1. The van der Waals surface area contributed by atoms with Gasteiger partial charge in [-0.3, -0.25) is 19.7 Å². The van der Waals surface area contributed by atoms with Crippen LogP contribution >= 0.6 is 15.9 Å². The van der Waals surface area contributed by atoms with Gasteiger partial charge in [-0.15, -0.1) is 0 Å². The van der Waals surface area contributed by atoms with Gasteiger partial charge >= 0.3 is 0 Å². The van der Waals surface area contributed by atoms with Gasteiger partial charge < -0.3 is 9.47 Å². The first-order valence-electron chi connectivity index (χ1n) is 11.7. The molecule has 0 N–H and O–H groups in total. The van der Waals surface area contributed by atoms with E-state index in [0.29, 0.717) is 33.4 Å². The molecule has 2 bridgehead atoms. The second-order valence-corrected chi connectivity index (χ2v) is 10.5. The number of halogens is 1. The lowest BCUT2D eigenvalue weighted by atomic mass is 9.63. The number of amides is 2. The molecule has 0 aromatic heterocycles. The number of methoxy groups -OCH3 is 1. The molecular weight excluding hydrogens is 530 g/mol. The summed E-state index contributed by atoms with van der Waals surface area (Å²) in [4.78, 5) is 36.6. The van der Waals surface area contributed by atoms with Crippen molar-refractivity contribution in [3.05, 3.63) is 74.3 Å². The third-order valence-electron chi connectivity index (χ3n) is 7.74. The molecule has 0 radical (unpaired) electrons. The van der Waals surface area contributed by atoms with Crippen LogP contribution in [0.15, 0.2) is 58.1 Å². The van der Waals surface area contributed by atoms with Crippen molar-refractivity contribution in [1.29, 1.82) is 0 Å². The lowest BCUT2D eigenvalue weighted by molar-refractivity contribution is -0.384. The lowest BCUT2D eigenvalue weighted by Gasteiger charge is -2.37. The molecule has 1 heterocycles. The second-order valence-electron chi connectivity index (χ2n) is 9.63. The normalized spacial score (nSPS) is 29.4. The van der Waals surface area contributed by atoms with E-state index in [1.54, 1.807) is 24.3 Å². The van der Waals surface area contributed by atoms with E-state index in [-0.39, 0.29) is 47.8 Å².